The van der Waals surface area contributed by atoms with Crippen molar-refractivity contribution in [1.82, 2.24) is 19.9 Å². The number of benzene rings is 1. The van der Waals surface area contributed by atoms with E-state index in [0.29, 0.717) is 30.7 Å². The van der Waals surface area contributed by atoms with Gasteiger partial charge in [-0.2, -0.15) is 10.1 Å². The molecule has 0 radical (unpaired) electrons. The summed E-state index contributed by atoms with van der Waals surface area (Å²) in [5.74, 6) is 1.14. The highest BCUT2D eigenvalue weighted by Crippen LogP contribution is 2.25. The molecule has 1 saturated heterocycles. The van der Waals surface area contributed by atoms with E-state index in [0.717, 1.165) is 11.3 Å². The summed E-state index contributed by atoms with van der Waals surface area (Å²) < 4.78 is 12.3. The number of rotatable bonds is 4. The second kappa shape index (κ2) is 6.51. The zero-order valence-corrected chi connectivity index (χ0v) is 14.5. The van der Waals surface area contributed by atoms with Crippen LogP contribution in [-0.4, -0.2) is 52.6 Å². The molecule has 3 heterocycles. The Bertz CT molecular complexity index is 934. The molecule has 1 aliphatic heterocycles. The second-order valence-electron chi connectivity index (χ2n) is 5.97. The zero-order valence-electron chi connectivity index (χ0n) is 14.5. The Morgan fingerprint density at radius 1 is 1.27 bits per heavy atom. The molecular formula is C17H18N6O3. The lowest BCUT2D eigenvalue weighted by atomic mass is 10.2. The van der Waals surface area contributed by atoms with Crippen molar-refractivity contribution in [3.63, 3.8) is 0 Å². The highest BCUT2D eigenvalue weighted by atomic mass is 16.5. The van der Waals surface area contributed by atoms with Crippen molar-refractivity contribution in [3.05, 3.63) is 36.7 Å². The number of nitrogens with zero attached hydrogens (tertiary/aromatic N) is 6. The molecule has 1 amide bonds. The number of ether oxygens (including phenoxy) is 1. The first kappa shape index (κ1) is 16.1. The summed E-state index contributed by atoms with van der Waals surface area (Å²) in [7, 11) is 3.43. The van der Waals surface area contributed by atoms with Crippen molar-refractivity contribution in [1.29, 1.82) is 0 Å². The van der Waals surface area contributed by atoms with Crippen LogP contribution in [0.5, 0.6) is 5.75 Å². The van der Waals surface area contributed by atoms with E-state index in [-0.39, 0.29) is 12.5 Å². The van der Waals surface area contributed by atoms with Crippen LogP contribution in [0.2, 0.25) is 0 Å². The van der Waals surface area contributed by atoms with E-state index in [9.17, 15) is 4.79 Å². The van der Waals surface area contributed by atoms with Gasteiger partial charge in [0.2, 0.25) is 11.7 Å². The second-order valence-corrected chi connectivity index (χ2v) is 5.97. The highest BCUT2D eigenvalue weighted by Gasteiger charge is 2.29. The first-order valence-electron chi connectivity index (χ1n) is 8.16. The van der Waals surface area contributed by atoms with Gasteiger partial charge in [-0.1, -0.05) is 17.3 Å². The lowest BCUT2D eigenvalue weighted by Crippen LogP contribution is -2.50. The van der Waals surface area contributed by atoms with Crippen LogP contribution in [0.3, 0.4) is 0 Å². The van der Waals surface area contributed by atoms with Crippen molar-refractivity contribution in [2.24, 2.45) is 7.05 Å². The number of hydrogen-bond donors (Lipinski definition) is 0. The Morgan fingerprint density at radius 3 is 2.88 bits per heavy atom. The van der Waals surface area contributed by atoms with E-state index in [1.54, 1.807) is 27.8 Å². The van der Waals surface area contributed by atoms with Crippen LogP contribution in [-0.2, 0) is 11.8 Å². The normalized spacial score (nSPS) is 14.8. The van der Waals surface area contributed by atoms with Gasteiger partial charge in [-0.3, -0.25) is 9.48 Å². The van der Waals surface area contributed by atoms with Gasteiger partial charge in [0.05, 0.1) is 19.0 Å². The first-order chi connectivity index (χ1) is 12.6. The van der Waals surface area contributed by atoms with Gasteiger partial charge in [-0.25, -0.2) is 0 Å². The summed E-state index contributed by atoms with van der Waals surface area (Å²) in [4.78, 5) is 20.4. The largest absolute Gasteiger partial charge is 0.497 e. The Hall–Kier alpha value is -3.36. The van der Waals surface area contributed by atoms with E-state index in [1.165, 1.54) is 0 Å². The summed E-state index contributed by atoms with van der Waals surface area (Å²) >= 11 is 0. The molecule has 0 N–H and O–H groups in total. The van der Waals surface area contributed by atoms with Crippen molar-refractivity contribution in [3.8, 4) is 17.1 Å². The Kier molecular flexibility index (Phi) is 4.04. The maximum Gasteiger partial charge on any atom is 0.324 e. The Morgan fingerprint density at radius 2 is 2.15 bits per heavy atom. The minimum Gasteiger partial charge on any atom is -0.497 e. The van der Waals surface area contributed by atoms with Crippen LogP contribution in [0, 0.1) is 0 Å². The minimum atomic E-state index is -0.0367. The summed E-state index contributed by atoms with van der Waals surface area (Å²) in [6.45, 7) is 1.30. The number of carbonyl (C=O) groups excluding carboxylic acids is 1. The molecule has 1 fully saturated rings. The molecule has 2 aromatic heterocycles. The molecule has 1 aliphatic rings. The number of aromatic nitrogens is 4. The van der Waals surface area contributed by atoms with E-state index in [1.807, 2.05) is 37.5 Å². The molecule has 1 aromatic carbocycles. The quantitative estimate of drug-likeness (QED) is 0.698. The van der Waals surface area contributed by atoms with E-state index < -0.39 is 0 Å². The average Bonchev–Trinajstić information content (AvgIpc) is 3.31. The number of anilines is 2. The van der Waals surface area contributed by atoms with Gasteiger partial charge in [-0.15, -0.1) is 0 Å². The third kappa shape index (κ3) is 2.99. The summed E-state index contributed by atoms with van der Waals surface area (Å²) in [5.41, 5.74) is 1.58. The van der Waals surface area contributed by atoms with Gasteiger partial charge >= 0.3 is 6.01 Å². The molecule has 0 atom stereocenters. The number of carbonyl (C=O) groups is 1. The molecule has 26 heavy (non-hydrogen) atoms. The predicted octanol–water partition coefficient (Wildman–Crippen LogP) is 1.33. The average molecular weight is 354 g/mol. The Labute approximate surface area is 149 Å². The predicted molar refractivity (Wildman–Crippen MR) is 94.1 cm³/mol. The number of piperazine rings is 1. The smallest absolute Gasteiger partial charge is 0.324 e. The van der Waals surface area contributed by atoms with Crippen LogP contribution in [0.1, 0.15) is 0 Å². The lowest BCUT2D eigenvalue weighted by Gasteiger charge is -2.32. The van der Waals surface area contributed by atoms with Crippen LogP contribution in [0.25, 0.3) is 11.4 Å². The van der Waals surface area contributed by atoms with E-state index >= 15 is 0 Å². The van der Waals surface area contributed by atoms with E-state index in [4.69, 9.17) is 9.26 Å². The van der Waals surface area contributed by atoms with Gasteiger partial charge in [0, 0.05) is 31.9 Å². The monoisotopic (exact) mass is 354 g/mol. The van der Waals surface area contributed by atoms with Crippen molar-refractivity contribution >= 4 is 17.6 Å². The molecule has 0 bridgehead atoms. The summed E-state index contributed by atoms with van der Waals surface area (Å²) in [6.07, 6.45) is 3.50. The number of aryl methyl sites for hydroxylation is 1. The summed E-state index contributed by atoms with van der Waals surface area (Å²) in [6, 6.07) is 7.76. The fraction of sp³-hybridized carbons (Fsp3) is 0.294. The van der Waals surface area contributed by atoms with Crippen LogP contribution in [0.4, 0.5) is 11.7 Å². The number of methoxy groups -OCH3 is 1. The van der Waals surface area contributed by atoms with Crippen LogP contribution >= 0.6 is 0 Å². The van der Waals surface area contributed by atoms with Crippen molar-refractivity contribution in [2.75, 3.05) is 36.5 Å². The molecule has 0 saturated carbocycles. The summed E-state index contributed by atoms with van der Waals surface area (Å²) in [5, 5.41) is 8.13. The highest BCUT2D eigenvalue weighted by molar-refractivity contribution is 5.97. The van der Waals surface area contributed by atoms with Gasteiger partial charge in [0.1, 0.15) is 12.3 Å². The SMILES string of the molecule is COc1cccc(-c2noc(N3CCN(c4cnn(C)c4)C(=O)C3)n2)c1. The molecule has 0 spiro atoms. The van der Waals surface area contributed by atoms with Gasteiger partial charge in [-0.05, 0) is 12.1 Å². The molecule has 9 heteroatoms. The lowest BCUT2D eigenvalue weighted by molar-refractivity contribution is -0.118. The molecule has 3 aromatic rings. The standard InChI is InChI=1S/C17H18N6O3/c1-21-10-13(9-18-21)23-7-6-22(11-15(23)24)17-19-16(20-26-17)12-4-3-5-14(8-12)25-2/h3-5,8-10H,6-7,11H2,1-2H3. The molecule has 4 rings (SSSR count). The van der Waals surface area contributed by atoms with Gasteiger partial charge in [0.25, 0.3) is 0 Å². The number of amides is 1. The van der Waals surface area contributed by atoms with Crippen LogP contribution in [0.15, 0.2) is 41.2 Å². The van der Waals surface area contributed by atoms with Gasteiger partial charge < -0.3 is 19.1 Å². The molecule has 0 aliphatic carbocycles. The molecule has 134 valence electrons. The molecule has 9 nitrogen and oxygen atoms in total. The third-order valence-corrected chi connectivity index (χ3v) is 4.24. The van der Waals surface area contributed by atoms with Crippen molar-refractivity contribution in [2.45, 2.75) is 0 Å². The number of hydrogen-bond acceptors (Lipinski definition) is 7. The topological polar surface area (TPSA) is 89.5 Å². The Balaban J connectivity index is 1.49. The maximum atomic E-state index is 12.5. The molecule has 0 unspecified atom stereocenters. The van der Waals surface area contributed by atoms with Crippen LogP contribution < -0.4 is 14.5 Å². The zero-order chi connectivity index (χ0) is 18.1. The van der Waals surface area contributed by atoms with Gasteiger partial charge in [0.15, 0.2) is 0 Å². The van der Waals surface area contributed by atoms with E-state index in [2.05, 4.69) is 15.2 Å². The van der Waals surface area contributed by atoms with Crippen molar-refractivity contribution < 1.29 is 14.1 Å². The fourth-order valence-corrected chi connectivity index (χ4v) is 2.88. The maximum absolute atomic E-state index is 12.5. The fourth-order valence-electron chi connectivity index (χ4n) is 2.88. The molecular weight excluding hydrogens is 336 g/mol. The third-order valence-electron chi connectivity index (χ3n) is 4.24. The first-order valence-corrected chi connectivity index (χ1v) is 8.16. The minimum absolute atomic E-state index is 0.0367.